The van der Waals surface area contributed by atoms with Crippen LogP contribution in [0.25, 0.3) is 4.96 Å². The van der Waals surface area contributed by atoms with Crippen LogP contribution in [0.1, 0.15) is 21.7 Å². The fraction of sp³-hybridized carbons (Fsp3) is 0.0714. The number of imidazole rings is 1. The van der Waals surface area contributed by atoms with E-state index >= 15 is 0 Å². The molecule has 0 radical (unpaired) electrons. The van der Waals surface area contributed by atoms with Gasteiger partial charge >= 0.3 is 5.97 Å². The Morgan fingerprint density at radius 2 is 2.29 bits per heavy atom. The van der Waals surface area contributed by atoms with Gasteiger partial charge in [-0.2, -0.15) is 5.10 Å². The molecule has 2 heterocycles. The average Bonchev–Trinajstić information content (AvgIpc) is 3.01. The number of carboxylic acids is 1. The molecule has 1 aromatic carbocycles. The molecule has 3 aromatic rings. The number of hydrogen-bond acceptors (Lipinski definition) is 5. The van der Waals surface area contributed by atoms with Crippen molar-refractivity contribution in [3.05, 3.63) is 52.8 Å². The largest absolute Gasteiger partial charge is 0.478 e. The van der Waals surface area contributed by atoms with E-state index < -0.39 is 5.97 Å². The second kappa shape index (κ2) is 5.37. The highest BCUT2D eigenvalue weighted by molar-refractivity contribution is 7.15. The molecule has 0 bridgehead atoms. The van der Waals surface area contributed by atoms with Gasteiger partial charge in [0.15, 0.2) is 4.96 Å². The molecule has 0 atom stereocenters. The van der Waals surface area contributed by atoms with E-state index in [1.54, 1.807) is 35.8 Å². The molecular formula is C14H12N4O2S. The van der Waals surface area contributed by atoms with Gasteiger partial charge in [-0.05, 0) is 19.1 Å². The molecule has 0 aliphatic rings. The minimum Gasteiger partial charge on any atom is -0.478 e. The lowest BCUT2D eigenvalue weighted by Gasteiger charge is -2.04. The molecule has 6 nitrogen and oxygen atoms in total. The second-order valence-electron chi connectivity index (χ2n) is 4.36. The molecule has 0 saturated carbocycles. The highest BCUT2D eigenvalue weighted by atomic mass is 32.1. The van der Waals surface area contributed by atoms with Crippen molar-refractivity contribution in [1.29, 1.82) is 0 Å². The SMILES string of the molecule is Cc1nc2sccn2c1/C=N/Nc1ccccc1C(=O)O. The van der Waals surface area contributed by atoms with Gasteiger partial charge in [0, 0.05) is 11.6 Å². The van der Waals surface area contributed by atoms with Crippen LogP contribution in [-0.2, 0) is 0 Å². The summed E-state index contributed by atoms with van der Waals surface area (Å²) in [7, 11) is 0. The summed E-state index contributed by atoms with van der Waals surface area (Å²) in [4.78, 5) is 16.4. The number of anilines is 1. The molecule has 3 rings (SSSR count). The lowest BCUT2D eigenvalue weighted by atomic mass is 10.2. The van der Waals surface area contributed by atoms with E-state index in [9.17, 15) is 4.79 Å². The van der Waals surface area contributed by atoms with E-state index in [-0.39, 0.29) is 5.56 Å². The summed E-state index contributed by atoms with van der Waals surface area (Å²) in [5.41, 5.74) is 5.14. The molecule has 0 spiro atoms. The van der Waals surface area contributed by atoms with Gasteiger partial charge in [-0.25, -0.2) is 9.78 Å². The van der Waals surface area contributed by atoms with E-state index in [4.69, 9.17) is 5.11 Å². The van der Waals surface area contributed by atoms with Crippen LogP contribution in [0.5, 0.6) is 0 Å². The predicted molar refractivity (Wildman–Crippen MR) is 82.4 cm³/mol. The van der Waals surface area contributed by atoms with Crippen LogP contribution < -0.4 is 5.43 Å². The first-order valence-corrected chi connectivity index (χ1v) is 7.08. The van der Waals surface area contributed by atoms with Crippen LogP contribution in [0.2, 0.25) is 0 Å². The molecular weight excluding hydrogens is 288 g/mol. The second-order valence-corrected chi connectivity index (χ2v) is 5.23. The first kappa shape index (κ1) is 13.3. The third kappa shape index (κ3) is 2.50. The number of nitrogens with one attached hydrogen (secondary N) is 1. The summed E-state index contributed by atoms with van der Waals surface area (Å²) >= 11 is 1.55. The van der Waals surface area contributed by atoms with Crippen molar-refractivity contribution in [2.45, 2.75) is 6.92 Å². The summed E-state index contributed by atoms with van der Waals surface area (Å²) < 4.78 is 1.94. The molecule has 2 N–H and O–H groups in total. The molecule has 0 aliphatic heterocycles. The fourth-order valence-electron chi connectivity index (χ4n) is 2.00. The summed E-state index contributed by atoms with van der Waals surface area (Å²) in [6, 6.07) is 6.63. The molecule has 0 amide bonds. The lowest BCUT2D eigenvalue weighted by molar-refractivity contribution is 0.0698. The Morgan fingerprint density at radius 1 is 1.48 bits per heavy atom. The smallest absolute Gasteiger partial charge is 0.337 e. The number of aromatic carboxylic acids is 1. The number of fused-ring (bicyclic) bond motifs is 1. The van der Waals surface area contributed by atoms with E-state index in [0.29, 0.717) is 5.69 Å². The number of carbonyl (C=O) groups is 1. The van der Waals surface area contributed by atoms with Crippen molar-refractivity contribution >= 4 is 34.2 Å². The molecule has 0 saturated heterocycles. The maximum atomic E-state index is 11.1. The summed E-state index contributed by atoms with van der Waals surface area (Å²) in [6.45, 7) is 1.91. The van der Waals surface area contributed by atoms with E-state index in [2.05, 4.69) is 15.5 Å². The standard InChI is InChI=1S/C14H12N4O2S/c1-9-12(18-6-7-21-14(18)16-9)8-15-17-11-5-3-2-4-10(11)13(19)20/h2-8,17H,1H3,(H,19,20)/b15-8+. The number of hydrogen-bond donors (Lipinski definition) is 2. The number of benzene rings is 1. The quantitative estimate of drug-likeness (QED) is 0.573. The maximum Gasteiger partial charge on any atom is 0.337 e. The van der Waals surface area contributed by atoms with Gasteiger partial charge in [-0.3, -0.25) is 9.83 Å². The van der Waals surface area contributed by atoms with Crippen LogP contribution in [0, 0.1) is 6.92 Å². The maximum absolute atomic E-state index is 11.1. The van der Waals surface area contributed by atoms with Gasteiger partial charge in [-0.1, -0.05) is 12.1 Å². The Morgan fingerprint density at radius 3 is 3.10 bits per heavy atom. The van der Waals surface area contributed by atoms with E-state index in [0.717, 1.165) is 16.3 Å². The molecule has 0 aliphatic carbocycles. The number of nitrogens with zero attached hydrogens (tertiary/aromatic N) is 3. The van der Waals surface area contributed by atoms with Gasteiger partial charge in [0.25, 0.3) is 0 Å². The Bertz CT molecular complexity index is 834. The zero-order valence-corrected chi connectivity index (χ0v) is 12.0. The third-order valence-electron chi connectivity index (χ3n) is 3.01. The molecule has 0 unspecified atom stereocenters. The number of hydrazone groups is 1. The van der Waals surface area contributed by atoms with E-state index in [1.807, 2.05) is 22.9 Å². The predicted octanol–water partition coefficient (Wildman–Crippen LogP) is 2.85. The Kier molecular flexibility index (Phi) is 3.41. The van der Waals surface area contributed by atoms with Crippen molar-refractivity contribution in [1.82, 2.24) is 9.38 Å². The van der Waals surface area contributed by atoms with Crippen molar-refractivity contribution < 1.29 is 9.90 Å². The monoisotopic (exact) mass is 300 g/mol. The fourth-order valence-corrected chi connectivity index (χ4v) is 2.76. The highest BCUT2D eigenvalue weighted by Gasteiger charge is 2.09. The number of thiazole rings is 1. The summed E-state index contributed by atoms with van der Waals surface area (Å²) in [5, 5.41) is 15.2. The zero-order valence-electron chi connectivity index (χ0n) is 11.1. The molecule has 7 heteroatoms. The van der Waals surface area contributed by atoms with Gasteiger partial charge in [0.2, 0.25) is 0 Å². The number of para-hydroxylation sites is 1. The Balaban J connectivity index is 1.86. The Labute approximate surface area is 124 Å². The number of carboxylic acid groups (broad SMARTS) is 1. The van der Waals surface area contributed by atoms with Crippen LogP contribution >= 0.6 is 11.3 Å². The zero-order chi connectivity index (χ0) is 14.8. The third-order valence-corrected chi connectivity index (χ3v) is 3.77. The van der Waals surface area contributed by atoms with Gasteiger partial charge in [0.05, 0.1) is 28.9 Å². The molecule has 106 valence electrons. The highest BCUT2D eigenvalue weighted by Crippen LogP contribution is 2.16. The van der Waals surface area contributed by atoms with Crippen LogP contribution in [0.4, 0.5) is 5.69 Å². The first-order chi connectivity index (χ1) is 10.2. The first-order valence-electron chi connectivity index (χ1n) is 6.20. The topological polar surface area (TPSA) is 79.0 Å². The lowest BCUT2D eigenvalue weighted by Crippen LogP contribution is -2.02. The number of aryl methyl sites for hydroxylation is 1. The van der Waals surface area contributed by atoms with Crippen molar-refractivity contribution in [2.75, 3.05) is 5.43 Å². The minimum atomic E-state index is -0.992. The number of rotatable bonds is 4. The van der Waals surface area contributed by atoms with E-state index in [1.165, 1.54) is 6.07 Å². The average molecular weight is 300 g/mol. The normalized spacial score (nSPS) is 11.3. The molecule has 0 fully saturated rings. The van der Waals surface area contributed by atoms with Crippen LogP contribution in [0.3, 0.4) is 0 Å². The molecule has 21 heavy (non-hydrogen) atoms. The Hall–Kier alpha value is -2.67. The number of aromatic nitrogens is 2. The van der Waals surface area contributed by atoms with Crippen LogP contribution in [-0.4, -0.2) is 26.7 Å². The van der Waals surface area contributed by atoms with Crippen molar-refractivity contribution in [3.63, 3.8) is 0 Å². The van der Waals surface area contributed by atoms with Crippen molar-refractivity contribution in [2.24, 2.45) is 5.10 Å². The molecule has 2 aromatic heterocycles. The van der Waals surface area contributed by atoms with Crippen molar-refractivity contribution in [3.8, 4) is 0 Å². The van der Waals surface area contributed by atoms with Gasteiger partial charge in [0.1, 0.15) is 0 Å². The summed E-state index contributed by atoms with van der Waals surface area (Å²) in [6.07, 6.45) is 3.56. The summed E-state index contributed by atoms with van der Waals surface area (Å²) in [5.74, 6) is -0.992. The van der Waals surface area contributed by atoms with Gasteiger partial charge in [-0.15, -0.1) is 11.3 Å². The van der Waals surface area contributed by atoms with Crippen LogP contribution in [0.15, 0.2) is 40.9 Å². The minimum absolute atomic E-state index is 0.181. The van der Waals surface area contributed by atoms with Gasteiger partial charge < -0.3 is 5.11 Å².